The Hall–Kier alpha value is -2.93. The molecule has 1 saturated heterocycles. The topological polar surface area (TPSA) is 60.5 Å². The van der Waals surface area contributed by atoms with Crippen molar-refractivity contribution in [3.05, 3.63) is 47.0 Å². The quantitative estimate of drug-likeness (QED) is 0.571. The van der Waals surface area contributed by atoms with E-state index in [-0.39, 0.29) is 12.5 Å². The number of amides is 1. The van der Waals surface area contributed by atoms with Crippen LogP contribution in [0.4, 0.5) is 0 Å². The van der Waals surface area contributed by atoms with Gasteiger partial charge >= 0.3 is 0 Å². The second-order valence-electron chi connectivity index (χ2n) is 8.64. The third-order valence-corrected chi connectivity index (χ3v) is 6.05. The first-order valence-corrected chi connectivity index (χ1v) is 11.4. The Morgan fingerprint density at radius 1 is 0.909 bits per heavy atom. The molecule has 0 unspecified atom stereocenters. The van der Waals surface area contributed by atoms with Crippen LogP contribution in [0.15, 0.2) is 30.3 Å². The van der Waals surface area contributed by atoms with Gasteiger partial charge in [0, 0.05) is 38.3 Å². The van der Waals surface area contributed by atoms with Crippen LogP contribution in [0.5, 0.6) is 23.0 Å². The number of ether oxygens (including phenoxy) is 4. The molecule has 33 heavy (non-hydrogen) atoms. The van der Waals surface area contributed by atoms with Crippen LogP contribution in [0.1, 0.15) is 36.5 Å². The number of carbonyl (C=O) groups is 1. The van der Waals surface area contributed by atoms with Crippen LogP contribution in [-0.2, 0) is 11.3 Å². The number of methoxy groups -OCH3 is 3. The van der Waals surface area contributed by atoms with E-state index in [1.165, 1.54) is 0 Å². The zero-order valence-electron chi connectivity index (χ0n) is 20.6. The molecule has 0 atom stereocenters. The molecule has 180 valence electrons. The van der Waals surface area contributed by atoms with Crippen molar-refractivity contribution in [2.45, 2.75) is 33.2 Å². The molecule has 0 aromatic heterocycles. The number of rotatable bonds is 9. The van der Waals surface area contributed by atoms with Crippen LogP contribution >= 0.6 is 0 Å². The van der Waals surface area contributed by atoms with Crippen molar-refractivity contribution in [1.82, 2.24) is 9.80 Å². The molecule has 2 aromatic rings. The molecule has 0 radical (unpaired) electrons. The lowest BCUT2D eigenvalue weighted by Gasteiger charge is -2.35. The standard InChI is InChI=1S/C26H36N2O5/c1-18(2)21-9-7-19(3)15-23(21)33-17-24(29)28-13-11-27(12-14-28)16-20-8-10-22(30-4)26(32-6)25(20)31-5/h7-10,15,18H,11-14,16-17H2,1-6H3. The fraction of sp³-hybridized carbons (Fsp3) is 0.500. The molecule has 1 amide bonds. The number of piperazine rings is 1. The Labute approximate surface area is 197 Å². The van der Waals surface area contributed by atoms with Gasteiger partial charge in [-0.2, -0.15) is 0 Å². The highest BCUT2D eigenvalue weighted by molar-refractivity contribution is 5.78. The van der Waals surface area contributed by atoms with Crippen molar-refractivity contribution in [3.63, 3.8) is 0 Å². The third-order valence-electron chi connectivity index (χ3n) is 6.05. The Morgan fingerprint density at radius 2 is 1.61 bits per heavy atom. The van der Waals surface area contributed by atoms with Gasteiger partial charge in [0.05, 0.1) is 21.3 Å². The summed E-state index contributed by atoms with van der Waals surface area (Å²) in [5, 5.41) is 0. The van der Waals surface area contributed by atoms with Gasteiger partial charge < -0.3 is 23.8 Å². The van der Waals surface area contributed by atoms with Crippen molar-refractivity contribution < 1.29 is 23.7 Å². The van der Waals surface area contributed by atoms with E-state index in [4.69, 9.17) is 18.9 Å². The first-order chi connectivity index (χ1) is 15.9. The predicted molar refractivity (Wildman–Crippen MR) is 129 cm³/mol. The minimum atomic E-state index is 0.0227. The fourth-order valence-electron chi connectivity index (χ4n) is 4.16. The summed E-state index contributed by atoms with van der Waals surface area (Å²) in [6.45, 7) is 9.97. The van der Waals surface area contributed by atoms with Crippen LogP contribution in [0.25, 0.3) is 0 Å². The van der Waals surface area contributed by atoms with Gasteiger partial charge in [0.15, 0.2) is 18.1 Å². The molecule has 1 aliphatic rings. The van der Waals surface area contributed by atoms with Crippen molar-refractivity contribution >= 4 is 5.91 Å². The SMILES string of the molecule is COc1ccc(CN2CCN(C(=O)COc3cc(C)ccc3C(C)C)CC2)c(OC)c1OC. The molecule has 3 rings (SSSR count). The molecular weight excluding hydrogens is 420 g/mol. The monoisotopic (exact) mass is 456 g/mol. The van der Waals surface area contributed by atoms with Crippen LogP contribution in [-0.4, -0.2) is 69.8 Å². The zero-order chi connectivity index (χ0) is 24.0. The second kappa shape index (κ2) is 11.3. The van der Waals surface area contributed by atoms with E-state index in [0.717, 1.165) is 35.5 Å². The molecule has 0 spiro atoms. The van der Waals surface area contributed by atoms with E-state index in [2.05, 4.69) is 30.9 Å². The minimum Gasteiger partial charge on any atom is -0.493 e. The van der Waals surface area contributed by atoms with Crippen LogP contribution in [0.2, 0.25) is 0 Å². The number of nitrogens with zero attached hydrogens (tertiary/aromatic N) is 2. The largest absolute Gasteiger partial charge is 0.493 e. The molecule has 7 nitrogen and oxygen atoms in total. The minimum absolute atomic E-state index is 0.0227. The number of benzene rings is 2. The predicted octanol–water partition coefficient (Wildman–Crippen LogP) is 3.87. The molecule has 1 aliphatic heterocycles. The Kier molecular flexibility index (Phi) is 8.44. The van der Waals surface area contributed by atoms with Gasteiger partial charge in [-0.1, -0.05) is 32.0 Å². The second-order valence-corrected chi connectivity index (χ2v) is 8.64. The van der Waals surface area contributed by atoms with E-state index < -0.39 is 0 Å². The van der Waals surface area contributed by atoms with Gasteiger partial charge in [-0.25, -0.2) is 0 Å². The maximum Gasteiger partial charge on any atom is 0.260 e. The van der Waals surface area contributed by atoms with Crippen LogP contribution < -0.4 is 18.9 Å². The van der Waals surface area contributed by atoms with E-state index in [0.29, 0.717) is 42.8 Å². The molecular formula is C26H36N2O5. The summed E-state index contributed by atoms with van der Waals surface area (Å²) in [6.07, 6.45) is 0. The van der Waals surface area contributed by atoms with Gasteiger partial charge in [0.2, 0.25) is 5.75 Å². The van der Waals surface area contributed by atoms with Crippen molar-refractivity contribution in [2.75, 3.05) is 54.1 Å². The van der Waals surface area contributed by atoms with Crippen molar-refractivity contribution in [3.8, 4) is 23.0 Å². The number of hydrogen-bond donors (Lipinski definition) is 0. The number of aryl methyl sites for hydroxylation is 1. The van der Waals surface area contributed by atoms with E-state index in [1.807, 2.05) is 30.0 Å². The highest BCUT2D eigenvalue weighted by Gasteiger charge is 2.24. The summed E-state index contributed by atoms with van der Waals surface area (Å²) in [6, 6.07) is 10.1. The third kappa shape index (κ3) is 5.90. The molecule has 0 bridgehead atoms. The van der Waals surface area contributed by atoms with Crippen LogP contribution in [0, 0.1) is 6.92 Å². The van der Waals surface area contributed by atoms with E-state index in [9.17, 15) is 4.79 Å². The van der Waals surface area contributed by atoms with Crippen molar-refractivity contribution in [1.29, 1.82) is 0 Å². The summed E-state index contributed by atoms with van der Waals surface area (Å²) in [5.41, 5.74) is 3.28. The Balaban J connectivity index is 1.56. The zero-order valence-corrected chi connectivity index (χ0v) is 20.6. The average Bonchev–Trinajstić information content (AvgIpc) is 2.82. The molecule has 7 heteroatoms. The first kappa shape index (κ1) is 24.7. The van der Waals surface area contributed by atoms with Gasteiger partial charge in [-0.05, 0) is 36.1 Å². The smallest absolute Gasteiger partial charge is 0.260 e. The van der Waals surface area contributed by atoms with Crippen molar-refractivity contribution in [2.24, 2.45) is 0 Å². The summed E-state index contributed by atoms with van der Waals surface area (Å²) >= 11 is 0. The highest BCUT2D eigenvalue weighted by Crippen LogP contribution is 2.40. The summed E-state index contributed by atoms with van der Waals surface area (Å²) < 4.78 is 22.4. The number of hydrogen-bond acceptors (Lipinski definition) is 6. The number of carbonyl (C=O) groups excluding carboxylic acids is 1. The summed E-state index contributed by atoms with van der Waals surface area (Å²) in [4.78, 5) is 17.0. The molecule has 1 fully saturated rings. The maximum atomic E-state index is 12.8. The lowest BCUT2D eigenvalue weighted by atomic mass is 10.0. The molecule has 0 N–H and O–H groups in total. The molecule has 0 saturated carbocycles. The van der Waals surface area contributed by atoms with Gasteiger partial charge in [0.1, 0.15) is 5.75 Å². The van der Waals surface area contributed by atoms with Gasteiger partial charge in [-0.15, -0.1) is 0 Å². The molecule has 2 aromatic carbocycles. The van der Waals surface area contributed by atoms with Crippen LogP contribution in [0.3, 0.4) is 0 Å². The average molecular weight is 457 g/mol. The highest BCUT2D eigenvalue weighted by atomic mass is 16.5. The first-order valence-electron chi connectivity index (χ1n) is 11.4. The Morgan fingerprint density at radius 3 is 2.21 bits per heavy atom. The van der Waals surface area contributed by atoms with E-state index in [1.54, 1.807) is 21.3 Å². The van der Waals surface area contributed by atoms with Gasteiger partial charge in [-0.3, -0.25) is 9.69 Å². The lowest BCUT2D eigenvalue weighted by molar-refractivity contribution is -0.135. The van der Waals surface area contributed by atoms with Gasteiger partial charge in [0.25, 0.3) is 5.91 Å². The molecule has 1 heterocycles. The normalized spacial score (nSPS) is 14.3. The lowest BCUT2D eigenvalue weighted by Crippen LogP contribution is -2.49. The molecule has 0 aliphatic carbocycles. The maximum absolute atomic E-state index is 12.8. The summed E-state index contributed by atoms with van der Waals surface area (Å²) in [5.74, 6) is 3.09. The van der Waals surface area contributed by atoms with E-state index >= 15 is 0 Å². The Bertz CT molecular complexity index is 952. The summed E-state index contributed by atoms with van der Waals surface area (Å²) in [7, 11) is 4.85. The fourth-order valence-corrected chi connectivity index (χ4v) is 4.16.